The number of benzene rings is 1. The maximum Gasteiger partial charge on any atom is 0.321 e. The van der Waals surface area contributed by atoms with Crippen molar-refractivity contribution in [3.63, 3.8) is 0 Å². The molecule has 138 valence electrons. The van der Waals surface area contributed by atoms with E-state index >= 15 is 0 Å². The predicted octanol–water partition coefficient (Wildman–Crippen LogP) is 3.60. The largest absolute Gasteiger partial charge is 0.454 e. The van der Waals surface area contributed by atoms with Crippen LogP contribution < -0.4 is 14.8 Å². The van der Waals surface area contributed by atoms with Gasteiger partial charge in [0.25, 0.3) is 0 Å². The van der Waals surface area contributed by atoms with E-state index in [2.05, 4.69) is 28.7 Å². The Morgan fingerprint density at radius 1 is 1.23 bits per heavy atom. The molecule has 0 aliphatic carbocycles. The zero-order valence-corrected chi connectivity index (χ0v) is 15.1. The summed E-state index contributed by atoms with van der Waals surface area (Å²) in [6.07, 6.45) is 5.77. The second-order valence-corrected chi connectivity index (χ2v) is 7.05. The first-order valence-corrected chi connectivity index (χ1v) is 9.10. The number of rotatable bonds is 3. The molecule has 1 saturated heterocycles. The molecular weight excluding hydrogens is 332 g/mol. The third-order valence-corrected chi connectivity index (χ3v) is 5.03. The zero-order valence-electron chi connectivity index (χ0n) is 15.1. The van der Waals surface area contributed by atoms with Gasteiger partial charge in [-0.1, -0.05) is 0 Å². The second-order valence-electron chi connectivity index (χ2n) is 7.05. The first-order chi connectivity index (χ1) is 12.6. The molecule has 0 radical (unpaired) electrons. The number of likely N-dealkylation sites (tertiary alicyclic amines) is 1. The Bertz CT molecular complexity index is 794. The molecule has 0 bridgehead atoms. The Balaban J connectivity index is 1.35. The number of hydrogen-bond acceptors (Lipinski definition) is 4. The summed E-state index contributed by atoms with van der Waals surface area (Å²) in [4.78, 5) is 19.0. The highest BCUT2D eigenvalue weighted by atomic mass is 16.7. The Kier molecular flexibility index (Phi) is 4.44. The lowest BCUT2D eigenvalue weighted by Gasteiger charge is -2.32. The molecule has 0 atom stereocenters. The number of urea groups is 1. The van der Waals surface area contributed by atoms with Gasteiger partial charge in [0.05, 0.1) is 0 Å². The molecule has 7 nitrogen and oxygen atoms in total. The lowest BCUT2D eigenvalue weighted by molar-refractivity contribution is 0.174. The highest BCUT2D eigenvalue weighted by Gasteiger charge is 2.27. The third kappa shape index (κ3) is 3.21. The minimum absolute atomic E-state index is 0.0745. The van der Waals surface area contributed by atoms with Crippen LogP contribution in [0.3, 0.4) is 0 Å². The average molecular weight is 356 g/mol. The Labute approximate surface area is 152 Å². The van der Waals surface area contributed by atoms with Crippen molar-refractivity contribution in [1.82, 2.24) is 14.5 Å². The van der Waals surface area contributed by atoms with E-state index in [0.717, 1.165) is 37.4 Å². The van der Waals surface area contributed by atoms with E-state index in [1.54, 1.807) is 6.07 Å². The van der Waals surface area contributed by atoms with Crippen molar-refractivity contribution in [3.05, 3.63) is 36.4 Å². The molecule has 7 heteroatoms. The van der Waals surface area contributed by atoms with Crippen molar-refractivity contribution in [3.8, 4) is 11.5 Å². The van der Waals surface area contributed by atoms with Gasteiger partial charge in [-0.15, -0.1) is 0 Å². The van der Waals surface area contributed by atoms with Gasteiger partial charge in [-0.05, 0) is 38.8 Å². The molecule has 4 rings (SSSR count). The number of carbonyl (C=O) groups is 1. The molecule has 2 aromatic rings. The van der Waals surface area contributed by atoms with Crippen molar-refractivity contribution < 1.29 is 14.3 Å². The van der Waals surface area contributed by atoms with Crippen LogP contribution in [-0.4, -0.2) is 40.4 Å². The van der Waals surface area contributed by atoms with Gasteiger partial charge in [0.2, 0.25) is 6.79 Å². The predicted molar refractivity (Wildman–Crippen MR) is 97.7 cm³/mol. The molecule has 0 unspecified atom stereocenters. The number of amides is 2. The van der Waals surface area contributed by atoms with E-state index < -0.39 is 0 Å². The highest BCUT2D eigenvalue weighted by molar-refractivity contribution is 5.89. The molecule has 1 N–H and O–H groups in total. The summed E-state index contributed by atoms with van der Waals surface area (Å²) in [5, 5.41) is 2.95. The van der Waals surface area contributed by atoms with Crippen LogP contribution in [0.25, 0.3) is 0 Å². The van der Waals surface area contributed by atoms with Gasteiger partial charge in [0, 0.05) is 49.2 Å². The van der Waals surface area contributed by atoms with Crippen molar-refractivity contribution in [1.29, 1.82) is 0 Å². The second kappa shape index (κ2) is 6.90. The number of imidazole rings is 1. The van der Waals surface area contributed by atoms with E-state index in [4.69, 9.17) is 9.47 Å². The van der Waals surface area contributed by atoms with Crippen molar-refractivity contribution in [2.75, 3.05) is 25.2 Å². The van der Waals surface area contributed by atoms with Crippen LogP contribution in [0.2, 0.25) is 0 Å². The lowest BCUT2D eigenvalue weighted by Crippen LogP contribution is -2.41. The molecule has 0 spiro atoms. The number of nitrogens with one attached hydrogen (secondary N) is 1. The van der Waals surface area contributed by atoms with Crippen LogP contribution in [0.5, 0.6) is 11.5 Å². The van der Waals surface area contributed by atoms with Gasteiger partial charge >= 0.3 is 6.03 Å². The summed E-state index contributed by atoms with van der Waals surface area (Å²) in [6, 6.07) is 5.77. The molecular formula is C19H24N4O3. The van der Waals surface area contributed by atoms with Crippen molar-refractivity contribution in [2.24, 2.45) is 0 Å². The number of nitrogens with zero attached hydrogens (tertiary/aromatic N) is 3. The summed E-state index contributed by atoms with van der Waals surface area (Å²) >= 11 is 0. The van der Waals surface area contributed by atoms with Crippen molar-refractivity contribution >= 4 is 11.7 Å². The lowest BCUT2D eigenvalue weighted by atomic mass is 9.96. The molecule has 1 aromatic carbocycles. The van der Waals surface area contributed by atoms with Gasteiger partial charge in [-0.25, -0.2) is 9.78 Å². The number of anilines is 1. The van der Waals surface area contributed by atoms with Gasteiger partial charge in [0.15, 0.2) is 11.5 Å². The quantitative estimate of drug-likeness (QED) is 0.912. The number of ether oxygens (including phenoxy) is 2. The fourth-order valence-corrected chi connectivity index (χ4v) is 3.60. The summed E-state index contributed by atoms with van der Waals surface area (Å²) in [7, 11) is 0. The van der Waals surface area contributed by atoms with Crippen LogP contribution in [0.1, 0.15) is 44.5 Å². The molecule has 1 aromatic heterocycles. The highest BCUT2D eigenvalue weighted by Crippen LogP contribution is 2.34. The number of fused-ring (bicyclic) bond motifs is 1. The number of carbonyl (C=O) groups excluding carboxylic acids is 1. The fourth-order valence-electron chi connectivity index (χ4n) is 3.60. The normalized spacial score (nSPS) is 17.0. The standard InChI is InChI=1S/C19H24N4O3/c1-13(2)23-10-7-20-18(23)14-5-8-22(9-6-14)19(24)21-15-3-4-16-17(11-15)26-12-25-16/h3-4,7,10-11,13-14H,5-6,8-9,12H2,1-2H3,(H,21,24). The summed E-state index contributed by atoms with van der Waals surface area (Å²) in [6.45, 7) is 6.02. The first kappa shape index (κ1) is 16.8. The molecule has 0 saturated carbocycles. The average Bonchev–Trinajstić information content (AvgIpc) is 3.30. The minimum atomic E-state index is -0.0745. The van der Waals surface area contributed by atoms with Gasteiger partial charge in [-0.3, -0.25) is 0 Å². The van der Waals surface area contributed by atoms with Gasteiger partial charge in [-0.2, -0.15) is 0 Å². The van der Waals surface area contributed by atoms with Gasteiger partial charge in [0.1, 0.15) is 5.82 Å². The van der Waals surface area contributed by atoms with Gasteiger partial charge < -0.3 is 24.3 Å². The topological polar surface area (TPSA) is 68.6 Å². The molecule has 1 fully saturated rings. The molecule has 2 aliphatic rings. The first-order valence-electron chi connectivity index (χ1n) is 9.10. The SMILES string of the molecule is CC(C)n1ccnc1C1CCN(C(=O)Nc2ccc3c(c2)OCO3)CC1. The number of piperidine rings is 1. The molecule has 26 heavy (non-hydrogen) atoms. The fraction of sp³-hybridized carbons (Fsp3) is 0.474. The third-order valence-electron chi connectivity index (χ3n) is 5.03. The number of hydrogen-bond donors (Lipinski definition) is 1. The zero-order chi connectivity index (χ0) is 18.1. The molecule has 2 aliphatic heterocycles. The van der Waals surface area contributed by atoms with Crippen molar-refractivity contribution in [2.45, 2.75) is 38.6 Å². The van der Waals surface area contributed by atoms with E-state index in [0.29, 0.717) is 23.5 Å². The van der Waals surface area contributed by atoms with Crippen LogP contribution >= 0.6 is 0 Å². The molecule has 2 amide bonds. The van der Waals surface area contributed by atoms with E-state index in [-0.39, 0.29) is 12.8 Å². The Hall–Kier alpha value is -2.70. The monoisotopic (exact) mass is 356 g/mol. The molecule has 3 heterocycles. The number of aromatic nitrogens is 2. The van der Waals surface area contributed by atoms with Crippen LogP contribution in [-0.2, 0) is 0 Å². The minimum Gasteiger partial charge on any atom is -0.454 e. The van der Waals surface area contributed by atoms with E-state index in [1.807, 2.05) is 29.4 Å². The Morgan fingerprint density at radius 2 is 2.00 bits per heavy atom. The Morgan fingerprint density at radius 3 is 2.77 bits per heavy atom. The van der Waals surface area contributed by atoms with Crippen LogP contribution in [0, 0.1) is 0 Å². The van der Waals surface area contributed by atoms with E-state index in [9.17, 15) is 4.79 Å². The maximum absolute atomic E-state index is 12.6. The summed E-state index contributed by atoms with van der Waals surface area (Å²) in [5.41, 5.74) is 0.719. The van der Waals surface area contributed by atoms with Crippen LogP contribution in [0.4, 0.5) is 10.5 Å². The van der Waals surface area contributed by atoms with Crippen LogP contribution in [0.15, 0.2) is 30.6 Å². The van der Waals surface area contributed by atoms with E-state index in [1.165, 1.54) is 0 Å². The smallest absolute Gasteiger partial charge is 0.321 e. The summed E-state index contributed by atoms with van der Waals surface area (Å²) in [5.74, 6) is 2.92. The summed E-state index contributed by atoms with van der Waals surface area (Å²) < 4.78 is 12.9. The maximum atomic E-state index is 12.6.